The molecule has 0 saturated heterocycles. The Bertz CT molecular complexity index is 1280. The Balaban J connectivity index is 4.17. The quantitative estimate of drug-likeness (QED) is 0.0243. The first-order valence-corrected chi connectivity index (χ1v) is 33.4. The summed E-state index contributed by atoms with van der Waals surface area (Å²) in [7, 11) is 1.57. The molecule has 1 amide bonds. The van der Waals surface area contributed by atoms with Gasteiger partial charge in [0.25, 0.3) is 0 Å². The Morgan fingerprint density at radius 1 is 0.452 bits per heavy atom. The number of amides is 1. The van der Waals surface area contributed by atoms with E-state index in [0.717, 1.165) is 38.5 Å². The van der Waals surface area contributed by atoms with Gasteiger partial charge in [-0.3, -0.25) is 13.8 Å². The third-order valence-corrected chi connectivity index (χ3v) is 15.6. The number of nitrogens with one attached hydrogen (secondary N) is 1. The van der Waals surface area contributed by atoms with Gasteiger partial charge in [0.15, 0.2) is 0 Å². The van der Waals surface area contributed by atoms with Crippen LogP contribution in [-0.4, -0.2) is 73.4 Å². The summed E-state index contributed by atoms with van der Waals surface area (Å²) in [6.07, 6.45) is 72.7. The summed E-state index contributed by atoms with van der Waals surface area (Å²) >= 11 is 0. The van der Waals surface area contributed by atoms with Crippen LogP contribution in [0.25, 0.3) is 0 Å². The van der Waals surface area contributed by atoms with Crippen molar-refractivity contribution < 1.29 is 32.9 Å². The van der Waals surface area contributed by atoms with Crippen LogP contribution in [0.4, 0.5) is 0 Å². The monoisotopic (exact) mass is 1050 g/mol. The molecule has 3 N–H and O–H groups in total. The van der Waals surface area contributed by atoms with Gasteiger partial charge in [0.05, 0.1) is 39.9 Å². The number of unbranched alkanes of at least 4 members (excludes halogenated alkanes) is 42. The van der Waals surface area contributed by atoms with Crippen LogP contribution < -0.4 is 5.32 Å². The van der Waals surface area contributed by atoms with Gasteiger partial charge in [0, 0.05) is 6.42 Å². The number of allylic oxidation sites excluding steroid dienone is 5. The molecule has 0 aromatic heterocycles. The molecule has 0 rings (SSSR count). The largest absolute Gasteiger partial charge is 0.472 e. The lowest BCUT2D eigenvalue weighted by atomic mass is 10.0. The van der Waals surface area contributed by atoms with Crippen molar-refractivity contribution in [1.82, 2.24) is 5.32 Å². The molecule has 3 atom stereocenters. The Labute approximate surface area is 455 Å². The number of hydrogen-bond donors (Lipinski definition) is 3. The van der Waals surface area contributed by atoms with E-state index in [1.807, 2.05) is 27.2 Å². The minimum Gasteiger partial charge on any atom is -0.387 e. The topological polar surface area (TPSA) is 105 Å². The molecule has 0 spiro atoms. The lowest BCUT2D eigenvalue weighted by Crippen LogP contribution is -2.45. The highest BCUT2D eigenvalue weighted by Crippen LogP contribution is 2.43. The van der Waals surface area contributed by atoms with E-state index in [1.165, 1.54) is 257 Å². The van der Waals surface area contributed by atoms with Gasteiger partial charge in [-0.25, -0.2) is 4.57 Å². The highest BCUT2D eigenvalue weighted by Gasteiger charge is 2.27. The minimum absolute atomic E-state index is 0.0570. The van der Waals surface area contributed by atoms with Crippen molar-refractivity contribution in [2.75, 3.05) is 40.9 Å². The molecule has 0 aromatic rings. The number of hydrogen-bond acceptors (Lipinski definition) is 5. The molecular formula is C64H126N2O6P+. The molecule has 0 radical (unpaired) electrons. The number of quaternary nitrogens is 1. The summed E-state index contributed by atoms with van der Waals surface area (Å²) in [5, 5.41) is 14.0. The van der Waals surface area contributed by atoms with Gasteiger partial charge in [-0.15, -0.1) is 0 Å². The number of likely N-dealkylation sites (N-methyl/N-ethyl adjacent to an activating group) is 1. The van der Waals surface area contributed by atoms with E-state index < -0.39 is 20.0 Å². The van der Waals surface area contributed by atoms with Gasteiger partial charge in [0.1, 0.15) is 13.2 Å². The molecule has 73 heavy (non-hydrogen) atoms. The number of aliphatic hydroxyl groups is 1. The molecule has 9 heteroatoms. The molecular weight excluding hydrogens is 924 g/mol. The zero-order chi connectivity index (χ0) is 53.5. The maximum absolute atomic E-state index is 13.0. The Kier molecular flexibility index (Phi) is 54.5. The molecule has 0 aromatic carbocycles. The van der Waals surface area contributed by atoms with Crippen LogP contribution in [0.5, 0.6) is 0 Å². The van der Waals surface area contributed by atoms with Crippen LogP contribution in [0.3, 0.4) is 0 Å². The maximum atomic E-state index is 13.0. The fourth-order valence-corrected chi connectivity index (χ4v) is 10.3. The van der Waals surface area contributed by atoms with Crippen molar-refractivity contribution in [2.45, 2.75) is 328 Å². The van der Waals surface area contributed by atoms with Crippen molar-refractivity contribution in [3.63, 3.8) is 0 Å². The molecule has 0 saturated carbocycles. The number of nitrogens with zero attached hydrogens (tertiary/aromatic N) is 1. The van der Waals surface area contributed by atoms with Crippen molar-refractivity contribution in [3.8, 4) is 0 Å². The van der Waals surface area contributed by atoms with E-state index in [1.54, 1.807) is 6.08 Å². The fraction of sp³-hybridized carbons (Fsp3) is 0.891. The van der Waals surface area contributed by atoms with Gasteiger partial charge >= 0.3 is 7.82 Å². The Morgan fingerprint density at radius 3 is 1.10 bits per heavy atom. The number of carbonyl (C=O) groups is 1. The van der Waals surface area contributed by atoms with Gasteiger partial charge < -0.3 is 19.8 Å². The summed E-state index contributed by atoms with van der Waals surface area (Å²) in [5.41, 5.74) is 0. The normalized spacial score (nSPS) is 14.0. The molecule has 432 valence electrons. The number of aliphatic hydroxyl groups excluding tert-OH is 1. The van der Waals surface area contributed by atoms with Crippen LogP contribution >= 0.6 is 7.82 Å². The zero-order valence-electron chi connectivity index (χ0n) is 49.4. The van der Waals surface area contributed by atoms with Gasteiger partial charge in [-0.2, -0.15) is 0 Å². The van der Waals surface area contributed by atoms with E-state index in [-0.39, 0.29) is 19.1 Å². The average Bonchev–Trinajstić information content (AvgIpc) is 3.35. The minimum atomic E-state index is -4.36. The molecule has 0 aliphatic carbocycles. The van der Waals surface area contributed by atoms with E-state index >= 15 is 0 Å². The number of rotatable bonds is 59. The van der Waals surface area contributed by atoms with E-state index in [2.05, 4.69) is 43.5 Å². The predicted octanol–water partition coefficient (Wildman–Crippen LogP) is 19.7. The summed E-state index contributed by atoms with van der Waals surface area (Å²) in [6, 6.07) is -0.864. The third kappa shape index (κ3) is 58.2. The van der Waals surface area contributed by atoms with E-state index in [4.69, 9.17) is 9.05 Å². The van der Waals surface area contributed by atoms with E-state index in [0.29, 0.717) is 17.4 Å². The van der Waals surface area contributed by atoms with Gasteiger partial charge in [-0.1, -0.05) is 288 Å². The van der Waals surface area contributed by atoms with Crippen LogP contribution in [0.2, 0.25) is 0 Å². The second kappa shape index (κ2) is 55.5. The van der Waals surface area contributed by atoms with Crippen molar-refractivity contribution >= 4 is 13.7 Å². The summed E-state index contributed by atoms with van der Waals surface area (Å²) < 4.78 is 23.7. The zero-order valence-corrected chi connectivity index (χ0v) is 50.3. The molecule has 0 fully saturated rings. The maximum Gasteiger partial charge on any atom is 0.472 e. The van der Waals surface area contributed by atoms with Gasteiger partial charge in [0.2, 0.25) is 5.91 Å². The van der Waals surface area contributed by atoms with Crippen molar-refractivity contribution in [2.24, 2.45) is 0 Å². The van der Waals surface area contributed by atoms with Gasteiger partial charge in [-0.05, 0) is 57.8 Å². The lowest BCUT2D eigenvalue weighted by molar-refractivity contribution is -0.870. The first-order chi connectivity index (χ1) is 35.5. The SMILES string of the molecule is CCCCCCCCCCCCCC/C=C\CCCCCCCCCCCCCC(=O)NC(COP(=O)(O)OCC[N+](C)(C)C)C(O)/C=C/CC/C=C/CCCCCCCCCCCCCCCCCCCC. The van der Waals surface area contributed by atoms with Crippen LogP contribution in [-0.2, 0) is 18.4 Å². The predicted molar refractivity (Wildman–Crippen MR) is 318 cm³/mol. The Hall–Kier alpha value is -1.28. The first kappa shape index (κ1) is 71.7. The standard InChI is InChI=1S/C64H125N2O6P/c1-6-8-10-12-14-16-18-20-22-24-26-28-30-32-33-34-36-38-40-42-44-46-48-50-52-54-56-58-64(68)65-62(61-72-73(69,70)71-60-59-66(3,4)5)63(67)57-55-53-51-49-47-45-43-41-39-37-35-31-29-27-25-23-21-19-17-15-13-11-9-7-2/h32-33,47,49,55,57,62-63,67H,6-31,34-46,48,50-54,56,58-61H2,1-5H3,(H-,65,68,69,70)/p+1/b33-32-,49-47+,57-55+. The van der Waals surface area contributed by atoms with Crippen LogP contribution in [0, 0.1) is 0 Å². The fourth-order valence-electron chi connectivity index (χ4n) is 9.59. The van der Waals surface area contributed by atoms with E-state index in [9.17, 15) is 19.4 Å². The molecule has 0 aliphatic rings. The summed E-state index contributed by atoms with van der Waals surface area (Å²) in [4.78, 5) is 23.4. The van der Waals surface area contributed by atoms with Crippen molar-refractivity contribution in [3.05, 3.63) is 36.5 Å². The molecule has 0 bridgehead atoms. The first-order valence-electron chi connectivity index (χ1n) is 31.9. The second-order valence-electron chi connectivity index (χ2n) is 23.1. The highest BCUT2D eigenvalue weighted by molar-refractivity contribution is 7.47. The molecule has 0 aliphatic heterocycles. The molecule has 0 heterocycles. The average molecular weight is 1050 g/mol. The van der Waals surface area contributed by atoms with Crippen LogP contribution in [0.1, 0.15) is 316 Å². The highest BCUT2D eigenvalue weighted by atomic mass is 31.2. The third-order valence-electron chi connectivity index (χ3n) is 14.6. The number of phosphoric ester groups is 1. The second-order valence-corrected chi connectivity index (χ2v) is 24.6. The lowest BCUT2D eigenvalue weighted by Gasteiger charge is -2.25. The smallest absolute Gasteiger partial charge is 0.387 e. The summed E-state index contributed by atoms with van der Waals surface area (Å²) in [6.45, 7) is 4.84. The molecule has 3 unspecified atom stereocenters. The summed E-state index contributed by atoms with van der Waals surface area (Å²) in [5.74, 6) is -0.183. The molecule has 8 nitrogen and oxygen atoms in total. The number of phosphoric acid groups is 1. The van der Waals surface area contributed by atoms with Crippen LogP contribution in [0.15, 0.2) is 36.5 Å². The number of carbonyl (C=O) groups excluding carboxylic acids is 1. The Morgan fingerprint density at radius 2 is 0.753 bits per heavy atom. The van der Waals surface area contributed by atoms with Crippen molar-refractivity contribution in [1.29, 1.82) is 0 Å².